The molecule has 0 aliphatic heterocycles. The molecule has 0 heterocycles. The second kappa shape index (κ2) is 12.0. The molecule has 15 heavy (non-hydrogen) atoms. The SMILES string of the molecule is CCCCCCOCCCCNC(C)C. The van der Waals surface area contributed by atoms with Crippen molar-refractivity contribution in [2.24, 2.45) is 0 Å². The minimum atomic E-state index is 0.611. The third kappa shape index (κ3) is 13.9. The Bertz CT molecular complexity index is 115. The van der Waals surface area contributed by atoms with Gasteiger partial charge in [-0.2, -0.15) is 0 Å². The van der Waals surface area contributed by atoms with E-state index in [-0.39, 0.29) is 0 Å². The summed E-state index contributed by atoms with van der Waals surface area (Å²) < 4.78 is 5.56. The summed E-state index contributed by atoms with van der Waals surface area (Å²) >= 11 is 0. The molecule has 0 unspecified atom stereocenters. The van der Waals surface area contributed by atoms with Gasteiger partial charge in [0.25, 0.3) is 0 Å². The Morgan fingerprint density at radius 3 is 2.20 bits per heavy atom. The number of hydrogen-bond acceptors (Lipinski definition) is 2. The molecule has 0 bridgehead atoms. The summed E-state index contributed by atoms with van der Waals surface area (Å²) in [6.07, 6.45) is 7.63. The minimum Gasteiger partial charge on any atom is -0.381 e. The molecule has 0 radical (unpaired) electrons. The Balaban J connectivity index is 2.87. The highest BCUT2D eigenvalue weighted by molar-refractivity contribution is 4.52. The normalized spacial score (nSPS) is 11.2. The maximum absolute atomic E-state index is 5.56. The molecular formula is C13H29NO. The summed E-state index contributed by atoms with van der Waals surface area (Å²) in [7, 11) is 0. The molecule has 0 aromatic carbocycles. The number of ether oxygens (including phenoxy) is 1. The van der Waals surface area contributed by atoms with Crippen LogP contribution in [0.25, 0.3) is 0 Å². The first-order chi connectivity index (χ1) is 7.27. The average Bonchev–Trinajstić information content (AvgIpc) is 2.20. The van der Waals surface area contributed by atoms with Gasteiger partial charge in [0.1, 0.15) is 0 Å². The molecule has 0 saturated carbocycles. The Labute approximate surface area is 95.8 Å². The molecule has 0 rings (SSSR count). The number of hydrogen-bond donors (Lipinski definition) is 1. The lowest BCUT2D eigenvalue weighted by molar-refractivity contribution is 0.126. The van der Waals surface area contributed by atoms with Crippen molar-refractivity contribution in [1.29, 1.82) is 0 Å². The Morgan fingerprint density at radius 1 is 0.933 bits per heavy atom. The van der Waals surface area contributed by atoms with Crippen molar-refractivity contribution in [3.05, 3.63) is 0 Å². The van der Waals surface area contributed by atoms with E-state index in [1.54, 1.807) is 0 Å². The Kier molecular flexibility index (Phi) is 11.9. The second-order valence-electron chi connectivity index (χ2n) is 4.49. The fourth-order valence-corrected chi connectivity index (χ4v) is 1.45. The number of nitrogens with one attached hydrogen (secondary N) is 1. The molecule has 0 aromatic rings. The van der Waals surface area contributed by atoms with E-state index >= 15 is 0 Å². The molecule has 2 nitrogen and oxygen atoms in total. The monoisotopic (exact) mass is 215 g/mol. The van der Waals surface area contributed by atoms with Crippen molar-refractivity contribution in [2.45, 2.75) is 65.3 Å². The van der Waals surface area contributed by atoms with Crippen molar-refractivity contribution in [1.82, 2.24) is 5.32 Å². The summed E-state index contributed by atoms with van der Waals surface area (Å²) in [5, 5.41) is 3.41. The van der Waals surface area contributed by atoms with Crippen LogP contribution in [0, 0.1) is 0 Å². The smallest absolute Gasteiger partial charge is 0.0466 e. The molecule has 0 spiro atoms. The van der Waals surface area contributed by atoms with Gasteiger partial charge in [0.2, 0.25) is 0 Å². The number of unbranched alkanes of at least 4 members (excludes halogenated alkanes) is 4. The van der Waals surface area contributed by atoms with Crippen LogP contribution >= 0.6 is 0 Å². The highest BCUT2D eigenvalue weighted by Gasteiger charge is 1.93. The first kappa shape index (κ1) is 14.9. The van der Waals surface area contributed by atoms with Crippen LogP contribution in [0.3, 0.4) is 0 Å². The molecule has 0 atom stereocenters. The summed E-state index contributed by atoms with van der Waals surface area (Å²) in [5.74, 6) is 0. The first-order valence-electron chi connectivity index (χ1n) is 6.58. The van der Waals surface area contributed by atoms with Crippen LogP contribution in [-0.2, 0) is 4.74 Å². The minimum absolute atomic E-state index is 0.611. The van der Waals surface area contributed by atoms with E-state index < -0.39 is 0 Å². The molecule has 0 saturated heterocycles. The lowest BCUT2D eigenvalue weighted by Crippen LogP contribution is -2.23. The second-order valence-corrected chi connectivity index (χ2v) is 4.49. The van der Waals surface area contributed by atoms with Gasteiger partial charge < -0.3 is 10.1 Å². The fourth-order valence-electron chi connectivity index (χ4n) is 1.45. The predicted molar refractivity (Wildman–Crippen MR) is 67.3 cm³/mol. The highest BCUT2D eigenvalue weighted by atomic mass is 16.5. The van der Waals surface area contributed by atoms with Crippen LogP contribution in [0.1, 0.15) is 59.3 Å². The molecule has 0 aliphatic carbocycles. The van der Waals surface area contributed by atoms with Gasteiger partial charge in [-0.25, -0.2) is 0 Å². The predicted octanol–water partition coefficient (Wildman–Crippen LogP) is 3.36. The standard InChI is InChI=1S/C13H29NO/c1-4-5-6-8-11-15-12-9-7-10-14-13(2)3/h13-14H,4-12H2,1-3H3. The largest absolute Gasteiger partial charge is 0.381 e. The molecular weight excluding hydrogens is 186 g/mol. The molecule has 2 heteroatoms. The summed E-state index contributed by atoms with van der Waals surface area (Å²) in [6.45, 7) is 9.62. The topological polar surface area (TPSA) is 21.3 Å². The van der Waals surface area contributed by atoms with E-state index in [4.69, 9.17) is 4.74 Å². The van der Waals surface area contributed by atoms with Crippen LogP contribution in [-0.4, -0.2) is 25.8 Å². The first-order valence-corrected chi connectivity index (χ1v) is 6.58. The quantitative estimate of drug-likeness (QED) is 0.534. The van der Waals surface area contributed by atoms with Crippen molar-refractivity contribution in [3.8, 4) is 0 Å². The number of rotatable bonds is 11. The third-order valence-electron chi connectivity index (χ3n) is 2.41. The van der Waals surface area contributed by atoms with Gasteiger partial charge in [0.05, 0.1) is 0 Å². The van der Waals surface area contributed by atoms with E-state index in [1.807, 2.05) is 0 Å². The molecule has 0 aromatic heterocycles. The van der Waals surface area contributed by atoms with Crippen LogP contribution in [0.4, 0.5) is 0 Å². The van der Waals surface area contributed by atoms with Crippen molar-refractivity contribution in [2.75, 3.05) is 19.8 Å². The molecule has 0 amide bonds. The van der Waals surface area contributed by atoms with Crippen molar-refractivity contribution in [3.63, 3.8) is 0 Å². The molecule has 1 N–H and O–H groups in total. The van der Waals surface area contributed by atoms with Crippen LogP contribution < -0.4 is 5.32 Å². The summed E-state index contributed by atoms with van der Waals surface area (Å²) in [5.41, 5.74) is 0. The zero-order chi connectivity index (χ0) is 11.4. The van der Waals surface area contributed by atoms with Crippen molar-refractivity contribution < 1.29 is 4.74 Å². The van der Waals surface area contributed by atoms with Crippen LogP contribution in [0.15, 0.2) is 0 Å². The van der Waals surface area contributed by atoms with Crippen LogP contribution in [0.5, 0.6) is 0 Å². The van der Waals surface area contributed by atoms with E-state index in [2.05, 4.69) is 26.1 Å². The maximum Gasteiger partial charge on any atom is 0.0466 e. The zero-order valence-electron chi connectivity index (χ0n) is 10.8. The summed E-state index contributed by atoms with van der Waals surface area (Å²) in [4.78, 5) is 0. The van der Waals surface area contributed by atoms with Gasteiger partial charge in [-0.15, -0.1) is 0 Å². The lowest BCUT2D eigenvalue weighted by Gasteiger charge is -2.07. The van der Waals surface area contributed by atoms with Gasteiger partial charge in [0.15, 0.2) is 0 Å². The zero-order valence-corrected chi connectivity index (χ0v) is 10.8. The van der Waals surface area contributed by atoms with E-state index in [0.29, 0.717) is 6.04 Å². The van der Waals surface area contributed by atoms with Crippen LogP contribution in [0.2, 0.25) is 0 Å². The summed E-state index contributed by atoms with van der Waals surface area (Å²) in [6, 6.07) is 0.611. The van der Waals surface area contributed by atoms with E-state index in [1.165, 1.54) is 38.5 Å². The Hall–Kier alpha value is -0.0800. The highest BCUT2D eigenvalue weighted by Crippen LogP contribution is 1.99. The van der Waals surface area contributed by atoms with Gasteiger partial charge in [0, 0.05) is 19.3 Å². The van der Waals surface area contributed by atoms with Gasteiger partial charge in [-0.05, 0) is 25.8 Å². The lowest BCUT2D eigenvalue weighted by atomic mass is 10.2. The van der Waals surface area contributed by atoms with Gasteiger partial charge >= 0.3 is 0 Å². The maximum atomic E-state index is 5.56. The average molecular weight is 215 g/mol. The van der Waals surface area contributed by atoms with E-state index in [0.717, 1.165) is 19.8 Å². The molecule has 0 aliphatic rings. The van der Waals surface area contributed by atoms with Gasteiger partial charge in [-0.1, -0.05) is 40.0 Å². The van der Waals surface area contributed by atoms with Gasteiger partial charge in [-0.3, -0.25) is 0 Å². The molecule has 0 fully saturated rings. The Morgan fingerprint density at radius 2 is 1.60 bits per heavy atom. The van der Waals surface area contributed by atoms with E-state index in [9.17, 15) is 0 Å². The third-order valence-corrected chi connectivity index (χ3v) is 2.41. The fraction of sp³-hybridized carbons (Fsp3) is 1.00. The molecule has 92 valence electrons. The van der Waals surface area contributed by atoms with Crippen molar-refractivity contribution >= 4 is 0 Å².